The molecule has 0 unspecified atom stereocenters. The van der Waals surface area contributed by atoms with Crippen LogP contribution < -0.4 is 10.6 Å². The fourth-order valence-corrected chi connectivity index (χ4v) is 0.900. The summed E-state index contributed by atoms with van der Waals surface area (Å²) < 4.78 is 0. The Hall–Kier alpha value is -0.240. The van der Waals surface area contributed by atoms with E-state index >= 15 is 0 Å². The Morgan fingerprint density at radius 2 is 0.944 bits per heavy atom. The lowest BCUT2D eigenvalue weighted by atomic mass is 10.1. The maximum atomic E-state index is 8.68. The zero-order valence-electron chi connectivity index (χ0n) is 12.0. The van der Waals surface area contributed by atoms with Crippen LogP contribution in [0.3, 0.4) is 0 Å². The third-order valence-electron chi connectivity index (χ3n) is 2.22. The summed E-state index contributed by atoms with van der Waals surface area (Å²) in [5.74, 6) is 0. The summed E-state index contributed by atoms with van der Waals surface area (Å²) in [4.78, 5) is 0. The molecule has 0 aliphatic carbocycles. The van der Waals surface area contributed by atoms with Crippen LogP contribution in [0.5, 0.6) is 0 Å². The monoisotopic (exact) mass is 266 g/mol. The van der Waals surface area contributed by atoms with E-state index in [9.17, 15) is 0 Å². The summed E-state index contributed by atoms with van der Waals surface area (Å²) in [6.45, 7) is 8.99. The van der Waals surface area contributed by atoms with Crippen LogP contribution in [0.4, 0.5) is 0 Å². The number of aliphatic hydroxyl groups is 4. The van der Waals surface area contributed by atoms with Crippen molar-refractivity contribution in [2.45, 2.75) is 38.8 Å². The molecule has 0 aliphatic heterocycles. The summed E-state index contributed by atoms with van der Waals surface area (Å²) in [7, 11) is 0. The number of nitrogens with one attached hydrogen (secondary N) is 2. The van der Waals surface area contributed by atoms with E-state index in [-0.39, 0.29) is 37.5 Å². The van der Waals surface area contributed by atoms with Gasteiger partial charge in [0.2, 0.25) is 0 Å². The Bertz CT molecular complexity index is 167. The summed E-state index contributed by atoms with van der Waals surface area (Å²) >= 11 is 0. The standard InChI is InChI=1S/2C6H15NO2/c2*1-6(2,5-9)7-3-4-8/h2*7-9H,3-5H2,1-2H3. The van der Waals surface area contributed by atoms with Crippen LogP contribution in [0.15, 0.2) is 0 Å². The second-order valence-electron chi connectivity index (χ2n) is 5.38. The molecule has 112 valence electrons. The lowest BCUT2D eigenvalue weighted by Crippen LogP contribution is -2.43. The van der Waals surface area contributed by atoms with E-state index in [1.165, 1.54) is 0 Å². The summed E-state index contributed by atoms with van der Waals surface area (Å²) in [6.07, 6.45) is 0. The predicted octanol–water partition coefficient (Wildman–Crippen LogP) is -1.32. The Labute approximate surface area is 110 Å². The third-order valence-corrected chi connectivity index (χ3v) is 2.22. The van der Waals surface area contributed by atoms with Crippen LogP contribution in [-0.4, -0.2) is 71.0 Å². The van der Waals surface area contributed by atoms with Crippen molar-refractivity contribution in [2.75, 3.05) is 39.5 Å². The molecular formula is C12H30N2O4. The predicted molar refractivity (Wildman–Crippen MR) is 72.5 cm³/mol. The first-order valence-corrected chi connectivity index (χ1v) is 6.18. The summed E-state index contributed by atoms with van der Waals surface area (Å²) in [6, 6.07) is 0. The molecule has 0 amide bonds. The molecule has 0 spiro atoms. The van der Waals surface area contributed by atoms with Gasteiger partial charge in [-0.2, -0.15) is 0 Å². The van der Waals surface area contributed by atoms with Gasteiger partial charge in [-0.3, -0.25) is 0 Å². The van der Waals surface area contributed by atoms with Gasteiger partial charge >= 0.3 is 0 Å². The van der Waals surface area contributed by atoms with Crippen molar-refractivity contribution < 1.29 is 20.4 Å². The van der Waals surface area contributed by atoms with Gasteiger partial charge in [-0.25, -0.2) is 0 Å². The number of aliphatic hydroxyl groups excluding tert-OH is 4. The van der Waals surface area contributed by atoms with Crippen molar-refractivity contribution in [1.82, 2.24) is 10.6 Å². The second kappa shape index (κ2) is 10.7. The van der Waals surface area contributed by atoms with E-state index in [0.29, 0.717) is 13.1 Å². The van der Waals surface area contributed by atoms with Gasteiger partial charge in [-0.05, 0) is 27.7 Å². The molecular weight excluding hydrogens is 236 g/mol. The molecule has 0 aromatic carbocycles. The largest absolute Gasteiger partial charge is 0.395 e. The Morgan fingerprint density at radius 3 is 1.11 bits per heavy atom. The highest BCUT2D eigenvalue weighted by Crippen LogP contribution is 1.97. The van der Waals surface area contributed by atoms with Gasteiger partial charge in [0, 0.05) is 24.2 Å². The Morgan fingerprint density at radius 1 is 0.667 bits per heavy atom. The van der Waals surface area contributed by atoms with Crippen LogP contribution in [0.1, 0.15) is 27.7 Å². The molecule has 6 nitrogen and oxygen atoms in total. The van der Waals surface area contributed by atoms with Gasteiger partial charge in [0.15, 0.2) is 0 Å². The first-order valence-electron chi connectivity index (χ1n) is 6.18. The minimum Gasteiger partial charge on any atom is -0.395 e. The molecule has 0 saturated heterocycles. The van der Waals surface area contributed by atoms with Crippen molar-refractivity contribution in [3.8, 4) is 0 Å². The average Bonchev–Trinajstić information content (AvgIpc) is 2.35. The molecule has 6 heteroatoms. The quantitative estimate of drug-likeness (QED) is 0.325. The van der Waals surface area contributed by atoms with E-state index in [2.05, 4.69) is 10.6 Å². The Balaban J connectivity index is 0. The number of hydrogen-bond donors (Lipinski definition) is 6. The van der Waals surface area contributed by atoms with E-state index in [1.54, 1.807) is 0 Å². The van der Waals surface area contributed by atoms with Crippen molar-refractivity contribution in [2.24, 2.45) is 0 Å². The second-order valence-corrected chi connectivity index (χ2v) is 5.38. The number of hydrogen-bond acceptors (Lipinski definition) is 6. The van der Waals surface area contributed by atoms with Crippen molar-refractivity contribution in [3.05, 3.63) is 0 Å². The SMILES string of the molecule is CC(C)(CO)NCCO.CC(C)(CO)NCCO. The summed E-state index contributed by atoms with van der Waals surface area (Å²) in [5.41, 5.74) is -0.522. The van der Waals surface area contributed by atoms with Gasteiger partial charge < -0.3 is 31.1 Å². The van der Waals surface area contributed by atoms with Crippen molar-refractivity contribution >= 4 is 0 Å². The zero-order chi connectivity index (χ0) is 14.7. The fourth-order valence-electron chi connectivity index (χ4n) is 0.900. The minimum absolute atomic E-state index is 0.0903. The highest BCUT2D eigenvalue weighted by molar-refractivity contribution is 4.75. The molecule has 0 aromatic rings. The van der Waals surface area contributed by atoms with Gasteiger partial charge in [0.1, 0.15) is 0 Å². The lowest BCUT2D eigenvalue weighted by molar-refractivity contribution is 0.177. The van der Waals surface area contributed by atoms with Crippen molar-refractivity contribution in [3.63, 3.8) is 0 Å². The van der Waals surface area contributed by atoms with Crippen LogP contribution in [0.2, 0.25) is 0 Å². The topological polar surface area (TPSA) is 105 Å². The van der Waals surface area contributed by atoms with Crippen molar-refractivity contribution in [1.29, 1.82) is 0 Å². The van der Waals surface area contributed by atoms with E-state index in [1.807, 2.05) is 27.7 Å². The lowest BCUT2D eigenvalue weighted by Gasteiger charge is -2.22. The minimum atomic E-state index is -0.261. The molecule has 0 atom stereocenters. The average molecular weight is 266 g/mol. The van der Waals surface area contributed by atoms with Crippen LogP contribution in [-0.2, 0) is 0 Å². The molecule has 0 heterocycles. The normalized spacial score (nSPS) is 12.0. The van der Waals surface area contributed by atoms with Crippen LogP contribution >= 0.6 is 0 Å². The van der Waals surface area contributed by atoms with Gasteiger partial charge in [0.25, 0.3) is 0 Å². The zero-order valence-corrected chi connectivity index (χ0v) is 12.0. The van der Waals surface area contributed by atoms with Gasteiger partial charge in [-0.15, -0.1) is 0 Å². The highest BCUT2D eigenvalue weighted by Gasteiger charge is 2.13. The molecule has 0 fully saturated rings. The molecule has 18 heavy (non-hydrogen) atoms. The molecule has 0 aliphatic rings. The van der Waals surface area contributed by atoms with Gasteiger partial charge in [0.05, 0.1) is 26.4 Å². The fraction of sp³-hybridized carbons (Fsp3) is 1.00. The first-order chi connectivity index (χ1) is 8.24. The number of rotatable bonds is 8. The third kappa shape index (κ3) is 13.8. The van der Waals surface area contributed by atoms with Crippen LogP contribution in [0.25, 0.3) is 0 Å². The molecule has 0 aromatic heterocycles. The van der Waals surface area contributed by atoms with Gasteiger partial charge in [-0.1, -0.05) is 0 Å². The first kappa shape index (κ1) is 20.1. The van der Waals surface area contributed by atoms with E-state index in [0.717, 1.165) is 0 Å². The maximum absolute atomic E-state index is 8.68. The number of β-amino-alcohol motifs (C(OH)–C–C–N with tert-alkyl or cyclic N) is 2. The smallest absolute Gasteiger partial charge is 0.0607 e. The molecule has 6 N–H and O–H groups in total. The molecule has 0 radical (unpaired) electrons. The van der Waals surface area contributed by atoms with E-state index in [4.69, 9.17) is 20.4 Å². The molecule has 0 bridgehead atoms. The maximum Gasteiger partial charge on any atom is 0.0607 e. The molecule has 0 saturated carbocycles. The summed E-state index contributed by atoms with van der Waals surface area (Å²) in [5, 5.41) is 40.0. The molecule has 0 rings (SSSR count). The Kier molecular flexibility index (Phi) is 11.9. The van der Waals surface area contributed by atoms with E-state index < -0.39 is 0 Å². The highest BCUT2D eigenvalue weighted by atomic mass is 16.3. The van der Waals surface area contributed by atoms with Crippen LogP contribution in [0, 0.1) is 0 Å².